The SMILES string of the molecule is C1CCOC1.C1CCOC1.Cc1ccc(N2c3ccc(C)cc3B(O)c3cc4c(cc32)N(c2ccc(C)cc2)c2cc3c(cc2B4O)B(O)c2cc(C)ccc2N3c2ccc(C)cc2)cc1. The maximum Gasteiger partial charge on any atom is 0.363 e. The number of aryl methyl sites for hydroxylation is 5. The molecule has 12 rings (SSSR count). The second-order valence-corrected chi connectivity index (χ2v) is 18.4. The molecule has 7 aromatic rings. The van der Waals surface area contributed by atoms with Crippen molar-refractivity contribution in [1.82, 2.24) is 0 Å². The first-order chi connectivity index (χ1) is 32.0. The van der Waals surface area contributed by atoms with Crippen LogP contribution < -0.4 is 47.5 Å². The van der Waals surface area contributed by atoms with E-state index in [1.807, 2.05) is 26.0 Å². The number of hydrogen-bond acceptors (Lipinski definition) is 8. The number of fused-ring (bicyclic) bond motifs is 6. The second kappa shape index (κ2) is 18.3. The lowest BCUT2D eigenvalue weighted by atomic mass is 9.46. The van der Waals surface area contributed by atoms with Crippen LogP contribution in [0.2, 0.25) is 0 Å². The molecule has 0 bridgehead atoms. The van der Waals surface area contributed by atoms with Crippen LogP contribution in [-0.2, 0) is 9.47 Å². The van der Waals surface area contributed by atoms with Crippen molar-refractivity contribution in [2.45, 2.75) is 60.3 Å². The fourth-order valence-corrected chi connectivity index (χ4v) is 9.90. The van der Waals surface area contributed by atoms with Crippen molar-refractivity contribution >= 4 is 105 Å². The van der Waals surface area contributed by atoms with E-state index < -0.39 is 20.7 Å². The molecule has 5 aliphatic rings. The van der Waals surface area contributed by atoms with Crippen LogP contribution in [0.25, 0.3) is 0 Å². The van der Waals surface area contributed by atoms with E-state index >= 15 is 0 Å². The molecule has 0 atom stereocenters. The molecule has 0 radical (unpaired) electrons. The van der Waals surface area contributed by atoms with Crippen LogP contribution >= 0.6 is 0 Å². The normalized spacial score (nSPS) is 15.4. The van der Waals surface area contributed by atoms with Gasteiger partial charge in [0, 0.05) is 77.6 Å². The highest BCUT2D eigenvalue weighted by molar-refractivity contribution is 6.87. The van der Waals surface area contributed by atoms with Crippen LogP contribution in [0, 0.1) is 34.6 Å². The van der Waals surface area contributed by atoms with Gasteiger partial charge >= 0.3 is 20.7 Å². The van der Waals surface area contributed by atoms with Gasteiger partial charge < -0.3 is 39.2 Å². The molecule has 5 aliphatic heterocycles. The summed E-state index contributed by atoms with van der Waals surface area (Å²) in [5, 5.41) is 36.9. The zero-order valence-electron chi connectivity index (χ0n) is 38.6. The number of benzene rings is 7. The Kier molecular flexibility index (Phi) is 12.2. The summed E-state index contributed by atoms with van der Waals surface area (Å²) < 4.78 is 9.89. The molecule has 2 fully saturated rings. The quantitative estimate of drug-likeness (QED) is 0.158. The standard InChI is InChI=1S/C47H40B3N3O3.2C4H8O/c1-28-6-14-33(15-7-28)51-42-20-12-31(4)22-36(42)48(54)38-24-40-46(26-44(38)51)53(35-18-10-30(3)11-19-35)47-27-45-39(25-41(47)50(40)56)49(55)37-23-32(5)13-21-43(37)52(45)34-16-8-29(2)9-17-34;2*1-2-4-5-3-1/h6-27,54-56H,1-5H3;2*1-4H2. The van der Waals surface area contributed by atoms with E-state index in [-0.39, 0.29) is 0 Å². The Labute approximate surface area is 390 Å². The zero-order valence-corrected chi connectivity index (χ0v) is 38.6. The van der Waals surface area contributed by atoms with Crippen LogP contribution in [-0.4, -0.2) is 62.2 Å². The third kappa shape index (κ3) is 8.14. The maximum absolute atomic E-state index is 12.6. The third-order valence-corrected chi connectivity index (χ3v) is 13.5. The first-order valence-corrected chi connectivity index (χ1v) is 23.4. The van der Waals surface area contributed by atoms with Gasteiger partial charge in [0.2, 0.25) is 0 Å². The molecule has 0 unspecified atom stereocenters. The molecule has 5 heterocycles. The molecule has 0 amide bonds. The predicted octanol–water partition coefficient (Wildman–Crippen LogP) is 7.47. The molecule has 7 aromatic carbocycles. The molecule has 8 nitrogen and oxygen atoms in total. The van der Waals surface area contributed by atoms with Crippen molar-refractivity contribution in [2.75, 3.05) is 41.1 Å². The number of nitrogens with zero attached hydrogens (tertiary/aromatic N) is 3. The average Bonchev–Trinajstić information content (AvgIpc) is 4.12. The molecular weight excluding hydrogens is 815 g/mol. The smallest absolute Gasteiger partial charge is 0.363 e. The fraction of sp³-hybridized carbons (Fsp3) is 0.236. The minimum absolute atomic E-state index is 0.688. The fourth-order valence-electron chi connectivity index (χ4n) is 9.90. The van der Waals surface area contributed by atoms with Gasteiger partial charge in [-0.3, -0.25) is 0 Å². The van der Waals surface area contributed by atoms with Gasteiger partial charge in [-0.2, -0.15) is 0 Å². The molecule has 0 spiro atoms. The Morgan fingerprint density at radius 3 is 0.848 bits per heavy atom. The van der Waals surface area contributed by atoms with Crippen molar-refractivity contribution < 1.29 is 24.5 Å². The minimum Gasteiger partial charge on any atom is -0.443 e. The second-order valence-electron chi connectivity index (χ2n) is 18.4. The number of hydrogen-bond donors (Lipinski definition) is 3. The highest BCUT2D eigenvalue weighted by Gasteiger charge is 2.43. The van der Waals surface area contributed by atoms with Crippen molar-refractivity contribution in [2.24, 2.45) is 0 Å². The highest BCUT2D eigenvalue weighted by atomic mass is 16.5. The minimum atomic E-state index is -1.03. The Morgan fingerprint density at radius 1 is 0.318 bits per heavy atom. The van der Waals surface area contributed by atoms with E-state index in [2.05, 4.69) is 157 Å². The molecule has 330 valence electrons. The number of ether oxygens (including phenoxy) is 2. The Morgan fingerprint density at radius 2 is 0.576 bits per heavy atom. The van der Waals surface area contributed by atoms with Gasteiger partial charge in [0.15, 0.2) is 0 Å². The van der Waals surface area contributed by atoms with E-state index in [4.69, 9.17) is 9.47 Å². The van der Waals surface area contributed by atoms with Crippen LogP contribution in [0.4, 0.5) is 51.2 Å². The lowest BCUT2D eigenvalue weighted by Gasteiger charge is -2.41. The summed E-state index contributed by atoms with van der Waals surface area (Å²) in [6.45, 7) is 11.5. The Balaban J connectivity index is 0.000000454. The summed E-state index contributed by atoms with van der Waals surface area (Å²) in [6, 6.07) is 46.1. The number of anilines is 9. The monoisotopic (exact) mass is 871 g/mol. The maximum atomic E-state index is 12.6. The van der Waals surface area contributed by atoms with E-state index in [1.165, 1.54) is 25.7 Å². The first-order valence-electron chi connectivity index (χ1n) is 23.4. The van der Waals surface area contributed by atoms with Gasteiger partial charge in [0.05, 0.1) is 0 Å². The Hall–Kier alpha value is -6.07. The summed E-state index contributed by atoms with van der Waals surface area (Å²) in [6.07, 6.45) is 5.11. The van der Waals surface area contributed by atoms with Gasteiger partial charge in [-0.05, 0) is 154 Å². The molecular formula is C55H56B3N3O5. The van der Waals surface area contributed by atoms with E-state index in [1.54, 1.807) is 0 Å². The van der Waals surface area contributed by atoms with E-state index in [0.29, 0.717) is 10.9 Å². The molecule has 0 aromatic heterocycles. The lowest BCUT2D eigenvalue weighted by molar-refractivity contribution is 0.198. The molecule has 2 saturated heterocycles. The van der Waals surface area contributed by atoms with Crippen LogP contribution in [0.3, 0.4) is 0 Å². The van der Waals surface area contributed by atoms with Gasteiger partial charge in [-0.1, -0.05) is 101 Å². The van der Waals surface area contributed by atoms with Crippen LogP contribution in [0.5, 0.6) is 0 Å². The molecule has 11 heteroatoms. The summed E-state index contributed by atoms with van der Waals surface area (Å²) >= 11 is 0. The van der Waals surface area contributed by atoms with Crippen molar-refractivity contribution in [3.8, 4) is 0 Å². The highest BCUT2D eigenvalue weighted by Crippen LogP contribution is 2.44. The largest absolute Gasteiger partial charge is 0.443 e. The van der Waals surface area contributed by atoms with E-state index in [9.17, 15) is 15.1 Å². The van der Waals surface area contributed by atoms with Crippen molar-refractivity contribution in [3.63, 3.8) is 0 Å². The summed E-state index contributed by atoms with van der Waals surface area (Å²) in [5.74, 6) is 0. The summed E-state index contributed by atoms with van der Waals surface area (Å²) in [4.78, 5) is 6.69. The predicted molar refractivity (Wildman–Crippen MR) is 276 cm³/mol. The van der Waals surface area contributed by atoms with Gasteiger partial charge in [-0.15, -0.1) is 0 Å². The lowest BCUT2D eigenvalue weighted by Crippen LogP contribution is -2.58. The third-order valence-electron chi connectivity index (χ3n) is 13.5. The first kappa shape index (κ1) is 43.8. The zero-order chi connectivity index (χ0) is 45.6. The number of rotatable bonds is 3. The van der Waals surface area contributed by atoms with Crippen molar-refractivity contribution in [1.29, 1.82) is 0 Å². The van der Waals surface area contributed by atoms with Crippen molar-refractivity contribution in [3.05, 3.63) is 161 Å². The van der Waals surface area contributed by atoms with Crippen LogP contribution in [0.1, 0.15) is 53.5 Å². The van der Waals surface area contributed by atoms with Gasteiger partial charge in [0.1, 0.15) is 0 Å². The van der Waals surface area contributed by atoms with Gasteiger partial charge in [-0.25, -0.2) is 0 Å². The average molecular weight is 872 g/mol. The Bertz CT molecular complexity index is 2710. The topological polar surface area (TPSA) is 88.9 Å². The van der Waals surface area contributed by atoms with Crippen LogP contribution in [0.15, 0.2) is 133 Å². The summed E-state index contributed by atoms with van der Waals surface area (Å²) in [7, 11) is 0. The van der Waals surface area contributed by atoms with Gasteiger partial charge in [0.25, 0.3) is 0 Å². The van der Waals surface area contributed by atoms with E-state index in [0.717, 1.165) is 127 Å². The molecule has 0 aliphatic carbocycles. The molecule has 3 N–H and O–H groups in total. The summed E-state index contributed by atoms with van der Waals surface area (Å²) in [5.41, 5.74) is 18.1. The molecule has 66 heavy (non-hydrogen) atoms. The molecule has 0 saturated carbocycles.